The molecule has 0 aromatic heterocycles. The van der Waals surface area contributed by atoms with Gasteiger partial charge in [-0.3, -0.25) is 4.79 Å². The number of fused-ring (bicyclic) bond motifs is 1. The maximum Gasteiger partial charge on any atom is 0.343 e. The summed E-state index contributed by atoms with van der Waals surface area (Å²) in [6, 6.07) is 22.5. The van der Waals surface area contributed by atoms with Gasteiger partial charge in [-0.25, -0.2) is 4.79 Å². The van der Waals surface area contributed by atoms with Crippen LogP contribution in [0.2, 0.25) is 0 Å². The van der Waals surface area contributed by atoms with Crippen molar-refractivity contribution in [1.82, 2.24) is 4.90 Å². The fourth-order valence-corrected chi connectivity index (χ4v) is 4.27. The standard InChI is InChI=1S/C27H28N2O3/c1-19-9-4-5-10-22(19)27(31)32-21-16-14-20(15-17-21)26(30)29-18-8-13-24(28(2)3)23-11-6-7-12-25(23)29/h4-7,9-12,14-17,24H,8,13,18H2,1-3H3. The van der Waals surface area contributed by atoms with Crippen LogP contribution in [0.15, 0.2) is 72.8 Å². The van der Waals surface area contributed by atoms with Crippen molar-refractivity contribution in [2.75, 3.05) is 25.5 Å². The maximum atomic E-state index is 13.4. The summed E-state index contributed by atoms with van der Waals surface area (Å²) in [5.41, 5.74) is 4.10. The molecule has 5 nitrogen and oxygen atoms in total. The Morgan fingerprint density at radius 3 is 2.34 bits per heavy atom. The van der Waals surface area contributed by atoms with Crippen LogP contribution in [0.5, 0.6) is 5.75 Å². The summed E-state index contributed by atoms with van der Waals surface area (Å²) in [7, 11) is 4.16. The monoisotopic (exact) mass is 428 g/mol. The van der Waals surface area contributed by atoms with Gasteiger partial charge in [0, 0.05) is 23.8 Å². The lowest BCUT2D eigenvalue weighted by Gasteiger charge is -2.27. The molecule has 5 heteroatoms. The molecule has 164 valence electrons. The summed E-state index contributed by atoms with van der Waals surface area (Å²) in [6.07, 6.45) is 1.93. The van der Waals surface area contributed by atoms with E-state index in [2.05, 4.69) is 25.1 Å². The second-order valence-electron chi connectivity index (χ2n) is 8.37. The van der Waals surface area contributed by atoms with Crippen molar-refractivity contribution in [3.05, 3.63) is 95.1 Å². The highest BCUT2D eigenvalue weighted by atomic mass is 16.5. The van der Waals surface area contributed by atoms with E-state index in [0.717, 1.165) is 24.1 Å². The van der Waals surface area contributed by atoms with E-state index in [0.29, 0.717) is 23.4 Å². The van der Waals surface area contributed by atoms with E-state index >= 15 is 0 Å². The molecule has 3 aromatic rings. The predicted octanol–water partition coefficient (Wildman–Crippen LogP) is 5.26. The quantitative estimate of drug-likeness (QED) is 0.420. The van der Waals surface area contributed by atoms with Gasteiger partial charge in [0.05, 0.1) is 5.56 Å². The molecule has 0 fully saturated rings. The molecule has 1 aliphatic heterocycles. The van der Waals surface area contributed by atoms with E-state index in [9.17, 15) is 9.59 Å². The van der Waals surface area contributed by atoms with Crippen LogP contribution >= 0.6 is 0 Å². The summed E-state index contributed by atoms with van der Waals surface area (Å²) in [4.78, 5) is 29.9. The zero-order valence-corrected chi connectivity index (χ0v) is 18.7. The minimum Gasteiger partial charge on any atom is -0.423 e. The smallest absolute Gasteiger partial charge is 0.343 e. The normalized spacial score (nSPS) is 15.8. The minimum atomic E-state index is -0.404. The summed E-state index contributed by atoms with van der Waals surface area (Å²) in [5, 5.41) is 0. The highest BCUT2D eigenvalue weighted by Crippen LogP contribution is 2.36. The van der Waals surface area contributed by atoms with Gasteiger partial charge < -0.3 is 14.5 Å². The molecule has 1 atom stereocenters. The summed E-state index contributed by atoms with van der Waals surface area (Å²) >= 11 is 0. The molecule has 1 amide bonds. The highest BCUT2D eigenvalue weighted by Gasteiger charge is 2.28. The summed E-state index contributed by atoms with van der Waals surface area (Å²) in [5.74, 6) is -0.0364. The Labute approximate surface area is 189 Å². The maximum absolute atomic E-state index is 13.4. The van der Waals surface area contributed by atoms with E-state index in [1.807, 2.05) is 48.2 Å². The molecular formula is C27H28N2O3. The highest BCUT2D eigenvalue weighted by molar-refractivity contribution is 6.06. The van der Waals surface area contributed by atoms with Gasteiger partial charge in [-0.2, -0.15) is 0 Å². The van der Waals surface area contributed by atoms with Crippen molar-refractivity contribution >= 4 is 17.6 Å². The van der Waals surface area contributed by atoms with Gasteiger partial charge in [0.25, 0.3) is 5.91 Å². The van der Waals surface area contributed by atoms with Crippen molar-refractivity contribution in [1.29, 1.82) is 0 Å². The van der Waals surface area contributed by atoms with Crippen molar-refractivity contribution in [2.45, 2.75) is 25.8 Å². The van der Waals surface area contributed by atoms with Crippen LogP contribution in [-0.4, -0.2) is 37.4 Å². The number of anilines is 1. The van der Waals surface area contributed by atoms with Gasteiger partial charge in [0.1, 0.15) is 5.75 Å². The number of benzene rings is 3. The molecule has 0 radical (unpaired) electrons. The molecule has 0 spiro atoms. The molecule has 32 heavy (non-hydrogen) atoms. The Hall–Kier alpha value is -3.44. The lowest BCUT2D eigenvalue weighted by molar-refractivity contribution is 0.0734. The van der Waals surface area contributed by atoms with Crippen molar-refractivity contribution in [2.24, 2.45) is 0 Å². The number of carbonyl (C=O) groups excluding carboxylic acids is 2. The molecule has 3 aromatic carbocycles. The number of carbonyl (C=O) groups is 2. The zero-order valence-electron chi connectivity index (χ0n) is 18.7. The fraction of sp³-hybridized carbons (Fsp3) is 0.259. The predicted molar refractivity (Wildman–Crippen MR) is 126 cm³/mol. The van der Waals surface area contributed by atoms with E-state index in [1.165, 1.54) is 5.56 Å². The molecule has 0 bridgehead atoms. The first-order valence-corrected chi connectivity index (χ1v) is 10.9. The van der Waals surface area contributed by atoms with Crippen LogP contribution in [0, 0.1) is 6.92 Å². The lowest BCUT2D eigenvalue weighted by atomic mass is 10.0. The molecule has 0 N–H and O–H groups in total. The number of esters is 1. The summed E-state index contributed by atoms with van der Waals surface area (Å²) in [6.45, 7) is 2.54. The molecule has 0 saturated carbocycles. The fourth-order valence-electron chi connectivity index (χ4n) is 4.27. The Bertz CT molecular complexity index is 1120. The van der Waals surface area contributed by atoms with Gasteiger partial charge in [-0.1, -0.05) is 36.4 Å². The Balaban J connectivity index is 1.54. The van der Waals surface area contributed by atoms with Crippen molar-refractivity contribution in [3.63, 3.8) is 0 Å². The van der Waals surface area contributed by atoms with Crippen molar-refractivity contribution < 1.29 is 14.3 Å². The van der Waals surface area contributed by atoms with Crippen LogP contribution in [-0.2, 0) is 0 Å². The average molecular weight is 429 g/mol. The van der Waals surface area contributed by atoms with Crippen LogP contribution < -0.4 is 9.64 Å². The number of amides is 1. The third-order valence-electron chi connectivity index (χ3n) is 5.99. The molecule has 1 heterocycles. The number of hydrogen-bond donors (Lipinski definition) is 0. The topological polar surface area (TPSA) is 49.9 Å². The van der Waals surface area contributed by atoms with E-state index < -0.39 is 5.97 Å². The van der Waals surface area contributed by atoms with Gasteiger partial charge >= 0.3 is 5.97 Å². The SMILES string of the molecule is Cc1ccccc1C(=O)Oc1ccc(C(=O)N2CCCC(N(C)C)c3ccccc32)cc1. The second-order valence-corrected chi connectivity index (χ2v) is 8.37. The van der Waals surface area contributed by atoms with Crippen LogP contribution in [0.4, 0.5) is 5.69 Å². The third-order valence-corrected chi connectivity index (χ3v) is 5.99. The number of aryl methyl sites for hydroxylation is 1. The number of para-hydroxylation sites is 1. The Morgan fingerprint density at radius 1 is 0.938 bits per heavy atom. The van der Waals surface area contributed by atoms with Crippen LogP contribution in [0.1, 0.15) is 50.7 Å². The summed E-state index contributed by atoms with van der Waals surface area (Å²) < 4.78 is 5.51. The van der Waals surface area contributed by atoms with Gasteiger partial charge in [-0.15, -0.1) is 0 Å². The average Bonchev–Trinajstić information content (AvgIpc) is 2.99. The first-order valence-electron chi connectivity index (χ1n) is 10.9. The van der Waals surface area contributed by atoms with E-state index in [4.69, 9.17) is 4.74 Å². The van der Waals surface area contributed by atoms with Gasteiger partial charge in [0.15, 0.2) is 0 Å². The molecule has 0 aliphatic carbocycles. The molecule has 0 saturated heterocycles. The molecule has 1 unspecified atom stereocenters. The largest absolute Gasteiger partial charge is 0.423 e. The van der Waals surface area contributed by atoms with E-state index in [1.54, 1.807) is 30.3 Å². The lowest BCUT2D eigenvalue weighted by Crippen LogP contribution is -2.31. The second kappa shape index (κ2) is 9.37. The van der Waals surface area contributed by atoms with Crippen molar-refractivity contribution in [3.8, 4) is 5.75 Å². The first-order chi connectivity index (χ1) is 15.5. The number of rotatable bonds is 4. The molecule has 4 rings (SSSR count). The number of nitrogens with zero attached hydrogens (tertiary/aromatic N) is 2. The minimum absolute atomic E-state index is 0.0476. The number of ether oxygens (including phenoxy) is 1. The molecule has 1 aliphatic rings. The van der Waals surface area contributed by atoms with Gasteiger partial charge in [0.2, 0.25) is 0 Å². The van der Waals surface area contributed by atoms with Crippen LogP contribution in [0.25, 0.3) is 0 Å². The van der Waals surface area contributed by atoms with Crippen LogP contribution in [0.3, 0.4) is 0 Å². The first kappa shape index (κ1) is 21.8. The van der Waals surface area contributed by atoms with Gasteiger partial charge in [-0.05, 0) is 81.4 Å². The number of hydrogen-bond acceptors (Lipinski definition) is 4. The third kappa shape index (κ3) is 4.43. The molecular weight excluding hydrogens is 400 g/mol. The Kier molecular flexibility index (Phi) is 6.37. The van der Waals surface area contributed by atoms with E-state index in [-0.39, 0.29) is 11.9 Å². The zero-order chi connectivity index (χ0) is 22.7. The Morgan fingerprint density at radius 2 is 1.62 bits per heavy atom.